The van der Waals surface area contributed by atoms with Gasteiger partial charge in [-0.15, -0.1) is 0 Å². The van der Waals surface area contributed by atoms with Crippen molar-refractivity contribution in [3.8, 4) is 0 Å². The molecular formula is C17H13FN2O2. The Bertz CT molecular complexity index is 868. The average Bonchev–Trinajstić information content (AvgIpc) is 2.85. The molecule has 110 valence electrons. The highest BCUT2D eigenvalue weighted by Gasteiger charge is 2.16. The Hall–Kier alpha value is -2.95. The maximum atomic E-state index is 13.0. The number of hydrogen-bond acceptors (Lipinski definition) is 3. The first-order chi connectivity index (χ1) is 10.6. The zero-order chi connectivity index (χ0) is 15.5. The van der Waals surface area contributed by atoms with Crippen LogP contribution in [-0.2, 0) is 0 Å². The van der Waals surface area contributed by atoms with E-state index >= 15 is 0 Å². The first-order valence-corrected chi connectivity index (χ1v) is 6.72. The number of halogens is 1. The quantitative estimate of drug-likeness (QED) is 0.592. The summed E-state index contributed by atoms with van der Waals surface area (Å²) in [5.74, 6) is -0.581. The second-order valence-electron chi connectivity index (χ2n) is 4.81. The fourth-order valence-electron chi connectivity index (χ4n) is 2.19. The number of hydrogen-bond donors (Lipinski definition) is 1. The minimum Gasteiger partial charge on any atom is -0.451 e. The van der Waals surface area contributed by atoms with E-state index in [4.69, 9.17) is 4.42 Å². The third-order valence-electron chi connectivity index (χ3n) is 3.28. The van der Waals surface area contributed by atoms with E-state index in [1.165, 1.54) is 18.3 Å². The van der Waals surface area contributed by atoms with Crippen LogP contribution in [0, 0.1) is 12.7 Å². The van der Waals surface area contributed by atoms with Gasteiger partial charge in [0.1, 0.15) is 11.4 Å². The van der Waals surface area contributed by atoms with Gasteiger partial charge in [0.05, 0.1) is 6.21 Å². The summed E-state index contributed by atoms with van der Waals surface area (Å²) in [5, 5.41) is 4.71. The molecule has 0 atom stereocenters. The Balaban J connectivity index is 1.77. The van der Waals surface area contributed by atoms with Crippen molar-refractivity contribution in [1.29, 1.82) is 0 Å². The topological polar surface area (TPSA) is 54.6 Å². The molecule has 0 saturated heterocycles. The van der Waals surface area contributed by atoms with Gasteiger partial charge in [-0.05, 0) is 30.7 Å². The first kappa shape index (κ1) is 14.0. The molecule has 1 N–H and O–H groups in total. The predicted molar refractivity (Wildman–Crippen MR) is 82.4 cm³/mol. The van der Waals surface area contributed by atoms with Crippen molar-refractivity contribution in [3.63, 3.8) is 0 Å². The average molecular weight is 296 g/mol. The van der Waals surface area contributed by atoms with E-state index in [-0.39, 0.29) is 11.6 Å². The molecule has 0 aliphatic carbocycles. The minimum atomic E-state index is -0.443. The van der Waals surface area contributed by atoms with Gasteiger partial charge in [-0.25, -0.2) is 9.82 Å². The molecule has 0 bridgehead atoms. The summed E-state index contributed by atoms with van der Waals surface area (Å²) in [7, 11) is 0. The zero-order valence-electron chi connectivity index (χ0n) is 11.8. The molecule has 0 aliphatic rings. The molecule has 3 aromatic rings. The number of benzene rings is 2. The van der Waals surface area contributed by atoms with Crippen molar-refractivity contribution >= 4 is 23.1 Å². The molecule has 4 nitrogen and oxygen atoms in total. The lowest BCUT2D eigenvalue weighted by Crippen LogP contribution is -2.17. The fourth-order valence-corrected chi connectivity index (χ4v) is 2.19. The molecule has 2 aromatic carbocycles. The molecule has 1 aromatic heterocycles. The van der Waals surface area contributed by atoms with Crippen molar-refractivity contribution in [1.82, 2.24) is 5.43 Å². The number of rotatable bonds is 3. The van der Waals surface area contributed by atoms with Crippen molar-refractivity contribution < 1.29 is 13.6 Å². The Morgan fingerprint density at radius 1 is 1.23 bits per heavy atom. The minimum absolute atomic E-state index is 0.220. The van der Waals surface area contributed by atoms with Crippen LogP contribution in [0.5, 0.6) is 0 Å². The van der Waals surface area contributed by atoms with Crippen LogP contribution in [0.4, 0.5) is 4.39 Å². The molecule has 0 radical (unpaired) electrons. The number of hydrazone groups is 1. The Morgan fingerprint density at radius 3 is 2.82 bits per heavy atom. The first-order valence-electron chi connectivity index (χ1n) is 6.72. The highest BCUT2D eigenvalue weighted by Crippen LogP contribution is 2.24. The number of aryl methyl sites for hydroxylation is 1. The lowest BCUT2D eigenvalue weighted by Gasteiger charge is -1.97. The summed E-state index contributed by atoms with van der Waals surface area (Å²) in [6.07, 6.45) is 1.37. The van der Waals surface area contributed by atoms with Crippen molar-refractivity contribution in [2.45, 2.75) is 6.92 Å². The molecule has 0 unspecified atom stereocenters. The number of carbonyl (C=O) groups excluding carboxylic acids is 1. The molecule has 1 amide bonds. The Labute approximate surface area is 126 Å². The van der Waals surface area contributed by atoms with E-state index in [0.717, 1.165) is 10.9 Å². The highest BCUT2D eigenvalue weighted by molar-refractivity contribution is 5.99. The fraction of sp³-hybridized carbons (Fsp3) is 0.0588. The van der Waals surface area contributed by atoms with E-state index in [0.29, 0.717) is 11.1 Å². The standard InChI is InChI=1S/C17H13FN2O2/c1-11-14-7-2-3-8-15(14)22-16(11)17(21)20-19-10-12-5-4-6-13(18)9-12/h2-10H,1H3,(H,20,21)/b19-10-. The molecule has 0 aliphatic heterocycles. The highest BCUT2D eigenvalue weighted by atomic mass is 19.1. The number of furan rings is 1. The van der Waals surface area contributed by atoms with Crippen molar-refractivity contribution in [3.05, 3.63) is 71.2 Å². The molecule has 0 saturated carbocycles. The Kier molecular flexibility index (Phi) is 3.70. The van der Waals surface area contributed by atoms with E-state index in [9.17, 15) is 9.18 Å². The Morgan fingerprint density at radius 2 is 2.05 bits per heavy atom. The summed E-state index contributed by atoms with van der Waals surface area (Å²) in [6, 6.07) is 13.3. The number of nitrogens with one attached hydrogen (secondary N) is 1. The molecule has 1 heterocycles. The van der Waals surface area contributed by atoms with E-state index in [1.807, 2.05) is 25.1 Å². The third kappa shape index (κ3) is 2.74. The van der Waals surface area contributed by atoms with Crippen LogP contribution in [0.3, 0.4) is 0 Å². The summed E-state index contributed by atoms with van der Waals surface area (Å²) >= 11 is 0. The summed E-state index contributed by atoms with van der Waals surface area (Å²) in [4.78, 5) is 12.1. The predicted octanol–water partition coefficient (Wildman–Crippen LogP) is 3.64. The molecule has 0 fully saturated rings. The van der Waals surface area contributed by atoms with Crippen LogP contribution in [0.15, 0.2) is 58.0 Å². The lowest BCUT2D eigenvalue weighted by molar-refractivity contribution is 0.0929. The largest absolute Gasteiger partial charge is 0.451 e. The van der Waals surface area contributed by atoms with E-state index in [2.05, 4.69) is 10.5 Å². The summed E-state index contributed by atoms with van der Waals surface area (Å²) in [5.41, 5.74) is 4.35. The molecule has 3 rings (SSSR count). The molecule has 22 heavy (non-hydrogen) atoms. The van der Waals surface area contributed by atoms with Crippen LogP contribution in [0.1, 0.15) is 21.7 Å². The van der Waals surface area contributed by atoms with E-state index < -0.39 is 5.91 Å². The maximum absolute atomic E-state index is 13.0. The van der Waals surface area contributed by atoms with Gasteiger partial charge in [0.15, 0.2) is 5.76 Å². The zero-order valence-corrected chi connectivity index (χ0v) is 11.8. The van der Waals surface area contributed by atoms with Gasteiger partial charge in [0.25, 0.3) is 0 Å². The lowest BCUT2D eigenvalue weighted by atomic mass is 10.1. The van der Waals surface area contributed by atoms with E-state index in [1.54, 1.807) is 18.2 Å². The van der Waals surface area contributed by atoms with Gasteiger partial charge in [0.2, 0.25) is 0 Å². The van der Waals surface area contributed by atoms with Crippen LogP contribution in [0.2, 0.25) is 0 Å². The second-order valence-corrected chi connectivity index (χ2v) is 4.81. The number of para-hydroxylation sites is 1. The van der Waals surface area contributed by atoms with Crippen LogP contribution in [-0.4, -0.2) is 12.1 Å². The van der Waals surface area contributed by atoms with Crippen molar-refractivity contribution in [2.24, 2.45) is 5.10 Å². The smallest absolute Gasteiger partial charge is 0.307 e. The van der Waals surface area contributed by atoms with Gasteiger partial charge >= 0.3 is 5.91 Å². The molecule has 0 spiro atoms. The SMILES string of the molecule is Cc1c(C(=O)N/N=C\c2cccc(F)c2)oc2ccccc12. The van der Waals surface area contributed by atoms with Gasteiger partial charge in [-0.1, -0.05) is 30.3 Å². The van der Waals surface area contributed by atoms with Crippen LogP contribution >= 0.6 is 0 Å². The van der Waals surface area contributed by atoms with Crippen molar-refractivity contribution in [2.75, 3.05) is 0 Å². The molecule has 5 heteroatoms. The third-order valence-corrected chi connectivity index (χ3v) is 3.28. The van der Waals surface area contributed by atoms with Gasteiger partial charge in [0, 0.05) is 10.9 Å². The van der Waals surface area contributed by atoms with Crippen LogP contribution in [0.25, 0.3) is 11.0 Å². The number of fused-ring (bicyclic) bond motifs is 1. The normalized spacial score (nSPS) is 11.2. The number of amides is 1. The number of carbonyl (C=O) groups is 1. The van der Waals surface area contributed by atoms with Crippen LogP contribution < -0.4 is 5.43 Å². The number of nitrogens with zero attached hydrogens (tertiary/aromatic N) is 1. The monoisotopic (exact) mass is 296 g/mol. The van der Waals surface area contributed by atoms with Gasteiger partial charge in [-0.3, -0.25) is 4.79 Å². The van der Waals surface area contributed by atoms with Gasteiger partial charge in [-0.2, -0.15) is 5.10 Å². The summed E-state index contributed by atoms with van der Waals surface area (Å²) in [6.45, 7) is 1.82. The maximum Gasteiger partial charge on any atom is 0.307 e. The summed E-state index contributed by atoms with van der Waals surface area (Å²) < 4.78 is 18.6. The van der Waals surface area contributed by atoms with Gasteiger partial charge < -0.3 is 4.42 Å². The second kappa shape index (κ2) is 5.81. The molecular weight excluding hydrogens is 283 g/mol.